The van der Waals surface area contributed by atoms with Crippen LogP contribution in [0.1, 0.15) is 35.7 Å². The molecule has 3 amide bonds. The average Bonchev–Trinajstić information content (AvgIpc) is 3.06. The Morgan fingerprint density at radius 2 is 1.80 bits per heavy atom. The fraction of sp³-hybridized carbons (Fsp3) is 0.368. The smallest absolute Gasteiger partial charge is 0.315 e. The van der Waals surface area contributed by atoms with Crippen LogP contribution in [0.15, 0.2) is 46.9 Å². The lowest BCUT2D eigenvalue weighted by atomic mass is 9.89. The molecule has 0 saturated heterocycles. The molecule has 1 atom stereocenters. The molecule has 2 aromatic rings. The molecule has 6 heteroatoms. The largest absolute Gasteiger partial charge is 0.454 e. The van der Waals surface area contributed by atoms with E-state index >= 15 is 0 Å². The highest BCUT2D eigenvalue weighted by Gasteiger charge is 2.15. The van der Waals surface area contributed by atoms with Crippen molar-refractivity contribution in [2.24, 2.45) is 17.6 Å². The average molecular weight is 343 g/mol. The topological polar surface area (TPSA) is 97.4 Å². The van der Waals surface area contributed by atoms with Crippen LogP contribution in [-0.4, -0.2) is 18.5 Å². The molecular weight excluding hydrogens is 318 g/mol. The monoisotopic (exact) mass is 343 g/mol. The van der Waals surface area contributed by atoms with E-state index in [9.17, 15) is 9.59 Å². The van der Waals surface area contributed by atoms with Crippen molar-refractivity contribution < 1.29 is 14.0 Å². The Morgan fingerprint density at radius 3 is 2.40 bits per heavy atom. The number of carbonyl (C=O) groups is 2. The van der Waals surface area contributed by atoms with E-state index in [0.717, 1.165) is 6.42 Å². The summed E-state index contributed by atoms with van der Waals surface area (Å²) in [5.74, 6) is 0.729. The molecule has 1 heterocycles. The number of benzene rings is 1. The number of furan rings is 1. The Morgan fingerprint density at radius 1 is 1.08 bits per heavy atom. The van der Waals surface area contributed by atoms with Gasteiger partial charge in [0.25, 0.3) is 5.91 Å². The van der Waals surface area contributed by atoms with Gasteiger partial charge in [0.15, 0.2) is 5.76 Å². The maximum absolute atomic E-state index is 12.0. The molecule has 0 aliphatic heterocycles. The third-order valence-electron chi connectivity index (χ3n) is 4.14. The molecule has 1 aromatic carbocycles. The van der Waals surface area contributed by atoms with Crippen molar-refractivity contribution in [2.75, 3.05) is 6.54 Å². The second-order valence-corrected chi connectivity index (χ2v) is 6.39. The number of carbonyl (C=O) groups excluding carboxylic acids is 2. The molecule has 0 spiro atoms. The summed E-state index contributed by atoms with van der Waals surface area (Å²) in [7, 11) is 0. The molecule has 0 aliphatic carbocycles. The summed E-state index contributed by atoms with van der Waals surface area (Å²) in [6.07, 6.45) is 0.916. The van der Waals surface area contributed by atoms with E-state index in [0.29, 0.717) is 24.1 Å². The van der Waals surface area contributed by atoms with E-state index < -0.39 is 5.91 Å². The van der Waals surface area contributed by atoms with Gasteiger partial charge in [-0.2, -0.15) is 0 Å². The molecular formula is C19H25N3O3. The quantitative estimate of drug-likeness (QED) is 0.687. The summed E-state index contributed by atoms with van der Waals surface area (Å²) < 4.78 is 5.22. The number of nitrogens with two attached hydrogens (primary N) is 1. The number of hydrogen-bond donors (Lipinski definition) is 3. The third-order valence-corrected chi connectivity index (χ3v) is 4.14. The third kappa shape index (κ3) is 5.99. The van der Waals surface area contributed by atoms with Gasteiger partial charge < -0.3 is 20.8 Å². The first-order valence-corrected chi connectivity index (χ1v) is 8.40. The lowest BCUT2D eigenvalue weighted by Gasteiger charge is -2.21. The predicted octanol–water partition coefficient (Wildman–Crippen LogP) is 2.69. The fourth-order valence-corrected chi connectivity index (χ4v) is 2.52. The molecule has 1 aromatic heterocycles. The number of amides is 3. The summed E-state index contributed by atoms with van der Waals surface area (Å²) in [5, 5.41) is 5.61. The van der Waals surface area contributed by atoms with Crippen LogP contribution in [0.4, 0.5) is 4.79 Å². The van der Waals surface area contributed by atoms with Gasteiger partial charge in [0.05, 0.1) is 6.54 Å². The van der Waals surface area contributed by atoms with Crippen LogP contribution in [0.2, 0.25) is 0 Å². The maximum atomic E-state index is 12.0. The molecule has 0 fully saturated rings. The van der Waals surface area contributed by atoms with E-state index in [2.05, 4.69) is 36.6 Å². The van der Waals surface area contributed by atoms with E-state index in [1.807, 2.05) is 18.2 Å². The number of nitrogens with one attached hydrogen (secondary N) is 2. The standard InChI is InChI=1S/C19H25N3O3/c1-13(2)15(10-14-6-4-3-5-7-14)11-21-19(24)22-12-16-8-9-17(25-16)18(20)23/h3-9,13,15H,10-12H2,1-2H3,(H2,20,23)(H2,21,22,24)/t15-/m0/s1. The first-order valence-electron chi connectivity index (χ1n) is 8.40. The summed E-state index contributed by atoms with van der Waals surface area (Å²) >= 11 is 0. The van der Waals surface area contributed by atoms with E-state index in [-0.39, 0.29) is 18.3 Å². The molecule has 0 saturated carbocycles. The summed E-state index contributed by atoms with van der Waals surface area (Å²) in [5.41, 5.74) is 6.39. The first-order chi connectivity index (χ1) is 12.0. The van der Waals surface area contributed by atoms with Gasteiger partial charge in [-0.15, -0.1) is 0 Å². The van der Waals surface area contributed by atoms with Gasteiger partial charge in [-0.3, -0.25) is 4.79 Å². The van der Waals surface area contributed by atoms with E-state index in [1.165, 1.54) is 11.6 Å². The van der Waals surface area contributed by atoms with Gasteiger partial charge >= 0.3 is 6.03 Å². The highest BCUT2D eigenvalue weighted by Crippen LogP contribution is 2.16. The Bertz CT molecular complexity index is 695. The van der Waals surface area contributed by atoms with Crippen molar-refractivity contribution in [2.45, 2.75) is 26.8 Å². The number of primary amides is 1. The highest BCUT2D eigenvalue weighted by molar-refractivity contribution is 5.89. The summed E-state index contributed by atoms with van der Waals surface area (Å²) in [6.45, 7) is 5.09. The van der Waals surface area contributed by atoms with Crippen LogP contribution in [0.5, 0.6) is 0 Å². The molecule has 0 unspecified atom stereocenters. The molecule has 0 bridgehead atoms. The highest BCUT2D eigenvalue weighted by atomic mass is 16.4. The Hall–Kier alpha value is -2.76. The summed E-state index contributed by atoms with van der Waals surface area (Å²) in [4.78, 5) is 23.0. The first kappa shape index (κ1) is 18.6. The molecule has 6 nitrogen and oxygen atoms in total. The molecule has 2 rings (SSSR count). The van der Waals surface area contributed by atoms with Crippen LogP contribution >= 0.6 is 0 Å². The predicted molar refractivity (Wildman–Crippen MR) is 95.9 cm³/mol. The van der Waals surface area contributed by atoms with Crippen molar-refractivity contribution in [1.29, 1.82) is 0 Å². The Kier molecular flexibility index (Phi) is 6.62. The van der Waals surface area contributed by atoms with Gasteiger partial charge in [-0.05, 0) is 36.0 Å². The van der Waals surface area contributed by atoms with Gasteiger partial charge in [0, 0.05) is 6.54 Å². The van der Waals surface area contributed by atoms with Gasteiger partial charge in [0.1, 0.15) is 5.76 Å². The van der Waals surface area contributed by atoms with Crippen LogP contribution in [0, 0.1) is 11.8 Å². The minimum atomic E-state index is -0.628. The minimum absolute atomic E-state index is 0.0833. The zero-order chi connectivity index (χ0) is 18.2. The second kappa shape index (κ2) is 8.92. The van der Waals surface area contributed by atoms with Crippen molar-refractivity contribution >= 4 is 11.9 Å². The SMILES string of the molecule is CC(C)[C@H](CNC(=O)NCc1ccc(C(N)=O)o1)Cc1ccccc1. The van der Waals surface area contributed by atoms with Gasteiger partial charge in [-0.25, -0.2) is 4.79 Å². The Balaban J connectivity index is 1.79. The van der Waals surface area contributed by atoms with E-state index in [4.69, 9.17) is 10.2 Å². The zero-order valence-electron chi connectivity index (χ0n) is 14.6. The van der Waals surface area contributed by atoms with Crippen LogP contribution in [0.3, 0.4) is 0 Å². The summed E-state index contributed by atoms with van der Waals surface area (Å²) in [6, 6.07) is 13.1. The lowest BCUT2D eigenvalue weighted by Crippen LogP contribution is -2.39. The molecule has 4 N–H and O–H groups in total. The fourth-order valence-electron chi connectivity index (χ4n) is 2.52. The van der Waals surface area contributed by atoms with Crippen molar-refractivity contribution in [3.63, 3.8) is 0 Å². The van der Waals surface area contributed by atoms with Gasteiger partial charge in [-0.1, -0.05) is 44.2 Å². The maximum Gasteiger partial charge on any atom is 0.315 e. The molecule has 0 aliphatic rings. The number of rotatable bonds is 8. The van der Waals surface area contributed by atoms with Gasteiger partial charge in [0.2, 0.25) is 0 Å². The molecule has 134 valence electrons. The van der Waals surface area contributed by atoms with Crippen LogP contribution < -0.4 is 16.4 Å². The van der Waals surface area contributed by atoms with Crippen molar-refractivity contribution in [3.8, 4) is 0 Å². The zero-order valence-corrected chi connectivity index (χ0v) is 14.6. The molecule has 25 heavy (non-hydrogen) atoms. The molecule has 0 radical (unpaired) electrons. The number of hydrogen-bond acceptors (Lipinski definition) is 3. The minimum Gasteiger partial charge on any atom is -0.454 e. The van der Waals surface area contributed by atoms with E-state index in [1.54, 1.807) is 6.07 Å². The second-order valence-electron chi connectivity index (χ2n) is 6.39. The number of urea groups is 1. The lowest BCUT2D eigenvalue weighted by molar-refractivity contribution is 0.0972. The van der Waals surface area contributed by atoms with Crippen LogP contribution in [0.25, 0.3) is 0 Å². The normalized spacial score (nSPS) is 12.0. The Labute approximate surface area is 147 Å². The van der Waals surface area contributed by atoms with Crippen molar-refractivity contribution in [3.05, 3.63) is 59.5 Å². The van der Waals surface area contributed by atoms with Crippen molar-refractivity contribution in [1.82, 2.24) is 10.6 Å². The van der Waals surface area contributed by atoms with Crippen LogP contribution in [-0.2, 0) is 13.0 Å².